The number of aromatic nitrogens is 2. The molecule has 0 spiro atoms. The number of nitrogens with two attached hydrogens (primary N) is 1. The number of fused-ring (bicyclic) bond motifs is 1. The molecular formula is C17H24FN3. The van der Waals surface area contributed by atoms with E-state index in [0.717, 1.165) is 24.2 Å². The smallest absolute Gasteiger partial charge is 0.151 e. The quantitative estimate of drug-likeness (QED) is 0.881. The SMILES string of the molecule is CC(C)CC(CN)Cc1nc2c(F)cccc2n1C1CC1. The molecule has 3 rings (SSSR count). The summed E-state index contributed by atoms with van der Waals surface area (Å²) in [5, 5.41) is 0. The number of rotatable bonds is 6. The number of hydrogen-bond donors (Lipinski definition) is 1. The lowest BCUT2D eigenvalue weighted by molar-refractivity contribution is 0.403. The van der Waals surface area contributed by atoms with Gasteiger partial charge < -0.3 is 10.3 Å². The fourth-order valence-electron chi connectivity index (χ4n) is 3.20. The molecule has 1 saturated carbocycles. The first-order valence-electron chi connectivity index (χ1n) is 7.95. The molecule has 114 valence electrons. The van der Waals surface area contributed by atoms with Gasteiger partial charge in [-0.2, -0.15) is 0 Å². The Morgan fingerprint density at radius 3 is 2.76 bits per heavy atom. The number of benzene rings is 1. The summed E-state index contributed by atoms with van der Waals surface area (Å²) in [6.45, 7) is 5.09. The zero-order chi connectivity index (χ0) is 15.0. The highest BCUT2D eigenvalue weighted by molar-refractivity contribution is 5.77. The van der Waals surface area contributed by atoms with E-state index in [9.17, 15) is 4.39 Å². The third-order valence-corrected chi connectivity index (χ3v) is 4.27. The predicted molar refractivity (Wildman–Crippen MR) is 83.7 cm³/mol. The Labute approximate surface area is 125 Å². The maximum atomic E-state index is 14.0. The van der Waals surface area contributed by atoms with Crippen LogP contribution in [0.2, 0.25) is 0 Å². The van der Waals surface area contributed by atoms with E-state index >= 15 is 0 Å². The second-order valence-electron chi connectivity index (χ2n) is 6.67. The lowest BCUT2D eigenvalue weighted by Crippen LogP contribution is -2.20. The van der Waals surface area contributed by atoms with Crippen LogP contribution in [-0.4, -0.2) is 16.1 Å². The summed E-state index contributed by atoms with van der Waals surface area (Å²) < 4.78 is 16.2. The van der Waals surface area contributed by atoms with Crippen molar-refractivity contribution in [1.29, 1.82) is 0 Å². The van der Waals surface area contributed by atoms with E-state index < -0.39 is 0 Å². The van der Waals surface area contributed by atoms with E-state index in [4.69, 9.17) is 5.73 Å². The lowest BCUT2D eigenvalue weighted by atomic mass is 9.94. The Bertz CT molecular complexity index is 628. The Hall–Kier alpha value is -1.42. The molecule has 1 aliphatic rings. The first-order valence-corrected chi connectivity index (χ1v) is 7.95. The second kappa shape index (κ2) is 5.76. The molecular weight excluding hydrogens is 265 g/mol. The molecule has 21 heavy (non-hydrogen) atoms. The maximum Gasteiger partial charge on any atom is 0.151 e. The molecule has 1 atom stereocenters. The minimum absolute atomic E-state index is 0.221. The average Bonchev–Trinajstić information content (AvgIpc) is 3.20. The Morgan fingerprint density at radius 1 is 1.38 bits per heavy atom. The Kier molecular flexibility index (Phi) is 3.98. The van der Waals surface area contributed by atoms with E-state index in [1.54, 1.807) is 6.07 Å². The third-order valence-electron chi connectivity index (χ3n) is 4.27. The van der Waals surface area contributed by atoms with Gasteiger partial charge in [-0.1, -0.05) is 19.9 Å². The first kappa shape index (κ1) is 14.5. The largest absolute Gasteiger partial charge is 0.330 e. The summed E-state index contributed by atoms with van der Waals surface area (Å²) in [4.78, 5) is 4.60. The van der Waals surface area contributed by atoms with Gasteiger partial charge in [0.1, 0.15) is 11.3 Å². The molecule has 1 aromatic heterocycles. The highest BCUT2D eigenvalue weighted by Gasteiger charge is 2.29. The van der Waals surface area contributed by atoms with Crippen molar-refractivity contribution >= 4 is 11.0 Å². The Balaban J connectivity index is 1.97. The monoisotopic (exact) mass is 289 g/mol. The summed E-state index contributed by atoms with van der Waals surface area (Å²) in [5.41, 5.74) is 7.38. The lowest BCUT2D eigenvalue weighted by Gasteiger charge is -2.17. The molecule has 0 saturated heterocycles. The second-order valence-corrected chi connectivity index (χ2v) is 6.67. The van der Waals surface area contributed by atoms with Crippen LogP contribution in [0.1, 0.15) is 45.0 Å². The summed E-state index contributed by atoms with van der Waals surface area (Å²) in [6, 6.07) is 5.75. The molecule has 1 fully saturated rings. The van der Waals surface area contributed by atoms with Gasteiger partial charge in [0.15, 0.2) is 5.82 Å². The van der Waals surface area contributed by atoms with Crippen molar-refractivity contribution in [3.63, 3.8) is 0 Å². The minimum atomic E-state index is -0.221. The fourth-order valence-corrected chi connectivity index (χ4v) is 3.20. The van der Waals surface area contributed by atoms with Gasteiger partial charge in [0.25, 0.3) is 0 Å². The van der Waals surface area contributed by atoms with Gasteiger partial charge in [0, 0.05) is 12.5 Å². The van der Waals surface area contributed by atoms with Crippen LogP contribution in [0.3, 0.4) is 0 Å². The van der Waals surface area contributed by atoms with Crippen LogP contribution in [0.5, 0.6) is 0 Å². The predicted octanol–water partition coefficient (Wildman–Crippen LogP) is 3.67. The molecule has 1 heterocycles. The molecule has 2 aromatic rings. The zero-order valence-corrected chi connectivity index (χ0v) is 12.8. The number of halogens is 1. The Morgan fingerprint density at radius 2 is 2.14 bits per heavy atom. The highest BCUT2D eigenvalue weighted by Crippen LogP contribution is 2.39. The molecule has 0 aliphatic heterocycles. The molecule has 0 bridgehead atoms. The molecule has 1 aromatic carbocycles. The standard InChI is InChI=1S/C17H24FN3/c1-11(2)8-12(10-19)9-16-20-17-14(18)4-3-5-15(17)21(16)13-6-7-13/h3-5,11-13H,6-10,19H2,1-2H3. The van der Waals surface area contributed by atoms with Crippen LogP contribution in [0.25, 0.3) is 11.0 Å². The van der Waals surface area contributed by atoms with Crippen LogP contribution in [0.15, 0.2) is 18.2 Å². The van der Waals surface area contributed by atoms with Crippen molar-refractivity contribution in [3.8, 4) is 0 Å². The van der Waals surface area contributed by atoms with Crippen molar-refractivity contribution in [2.75, 3.05) is 6.54 Å². The molecule has 0 amide bonds. The number of imidazole rings is 1. The first-order chi connectivity index (χ1) is 10.1. The summed E-state index contributed by atoms with van der Waals surface area (Å²) in [5.74, 6) is 1.83. The highest BCUT2D eigenvalue weighted by atomic mass is 19.1. The van der Waals surface area contributed by atoms with E-state index in [-0.39, 0.29) is 5.82 Å². The van der Waals surface area contributed by atoms with Gasteiger partial charge in [-0.05, 0) is 49.8 Å². The van der Waals surface area contributed by atoms with Gasteiger partial charge >= 0.3 is 0 Å². The van der Waals surface area contributed by atoms with Crippen LogP contribution in [-0.2, 0) is 6.42 Å². The number of hydrogen-bond acceptors (Lipinski definition) is 2. The van der Waals surface area contributed by atoms with E-state index in [1.165, 1.54) is 18.9 Å². The van der Waals surface area contributed by atoms with Gasteiger partial charge in [-0.15, -0.1) is 0 Å². The van der Waals surface area contributed by atoms with Crippen LogP contribution in [0.4, 0.5) is 4.39 Å². The summed E-state index contributed by atoms with van der Waals surface area (Å²) in [7, 11) is 0. The van der Waals surface area contributed by atoms with Gasteiger partial charge in [0.2, 0.25) is 0 Å². The van der Waals surface area contributed by atoms with Crippen LogP contribution >= 0.6 is 0 Å². The molecule has 1 unspecified atom stereocenters. The number of para-hydroxylation sites is 1. The minimum Gasteiger partial charge on any atom is -0.330 e. The average molecular weight is 289 g/mol. The third kappa shape index (κ3) is 2.95. The summed E-state index contributed by atoms with van der Waals surface area (Å²) >= 11 is 0. The summed E-state index contributed by atoms with van der Waals surface area (Å²) in [6.07, 6.45) is 4.28. The fraction of sp³-hybridized carbons (Fsp3) is 0.588. The van der Waals surface area contributed by atoms with Crippen molar-refractivity contribution in [3.05, 3.63) is 29.8 Å². The molecule has 3 nitrogen and oxygen atoms in total. The molecule has 1 aliphatic carbocycles. The van der Waals surface area contributed by atoms with Gasteiger partial charge in [-0.3, -0.25) is 0 Å². The van der Waals surface area contributed by atoms with Gasteiger partial charge in [0.05, 0.1) is 5.52 Å². The van der Waals surface area contributed by atoms with Crippen LogP contribution < -0.4 is 5.73 Å². The van der Waals surface area contributed by atoms with E-state index in [2.05, 4.69) is 23.4 Å². The van der Waals surface area contributed by atoms with Crippen molar-refractivity contribution in [2.45, 2.75) is 45.6 Å². The molecule has 4 heteroatoms. The van der Waals surface area contributed by atoms with E-state index in [0.29, 0.717) is 29.9 Å². The van der Waals surface area contributed by atoms with E-state index in [1.807, 2.05) is 6.07 Å². The van der Waals surface area contributed by atoms with Crippen molar-refractivity contribution < 1.29 is 4.39 Å². The normalized spacial score (nSPS) is 16.8. The van der Waals surface area contributed by atoms with Gasteiger partial charge in [-0.25, -0.2) is 9.37 Å². The molecule has 2 N–H and O–H groups in total. The molecule has 0 radical (unpaired) electrons. The van der Waals surface area contributed by atoms with Crippen molar-refractivity contribution in [2.24, 2.45) is 17.6 Å². The topological polar surface area (TPSA) is 43.8 Å². The number of nitrogens with zero attached hydrogens (tertiary/aromatic N) is 2. The van der Waals surface area contributed by atoms with Crippen molar-refractivity contribution in [1.82, 2.24) is 9.55 Å². The zero-order valence-electron chi connectivity index (χ0n) is 12.8. The maximum absolute atomic E-state index is 14.0. The van der Waals surface area contributed by atoms with Crippen LogP contribution in [0, 0.1) is 17.7 Å².